The summed E-state index contributed by atoms with van der Waals surface area (Å²) in [4.78, 5) is 0. The first-order chi connectivity index (χ1) is 9.40. The Morgan fingerprint density at radius 2 is 1.74 bits per heavy atom. The zero-order valence-corrected chi connectivity index (χ0v) is 10.8. The van der Waals surface area contributed by atoms with E-state index in [1.54, 1.807) is 0 Å². The van der Waals surface area contributed by atoms with Gasteiger partial charge in [-0.3, -0.25) is 0 Å². The van der Waals surface area contributed by atoms with Crippen LogP contribution in [0.2, 0.25) is 0 Å². The highest BCUT2D eigenvalue weighted by Crippen LogP contribution is 2.32. The molecule has 1 saturated heterocycles. The molecule has 1 heterocycles. The summed E-state index contributed by atoms with van der Waals surface area (Å²) in [6.45, 7) is 1.54. The molecule has 3 nitrogen and oxygen atoms in total. The summed E-state index contributed by atoms with van der Waals surface area (Å²) in [7, 11) is 0. The van der Waals surface area contributed by atoms with Gasteiger partial charge >= 0.3 is 0 Å². The number of aryl methyl sites for hydroxylation is 1. The molecule has 2 aromatic rings. The Bertz CT molecular complexity index is 559. The maximum absolute atomic E-state index is 8.99. The standard InChI is InChI=1S/C16H18O3/c17-9-3-4-12-7-8-15(16-18-10-11-19-16)14-6-2-1-5-13(12)14/h1-2,5-8,16-17H,3-4,9-11H2. The van der Waals surface area contributed by atoms with Gasteiger partial charge in [-0.15, -0.1) is 0 Å². The normalized spacial score (nSPS) is 16.3. The zero-order chi connectivity index (χ0) is 13.1. The number of aliphatic hydroxyl groups excluding tert-OH is 1. The number of aliphatic hydroxyl groups is 1. The van der Waals surface area contributed by atoms with Crippen LogP contribution in [0.1, 0.15) is 23.8 Å². The molecule has 1 fully saturated rings. The largest absolute Gasteiger partial charge is 0.396 e. The van der Waals surface area contributed by atoms with Crippen molar-refractivity contribution in [3.63, 3.8) is 0 Å². The molecule has 100 valence electrons. The van der Waals surface area contributed by atoms with E-state index in [1.807, 2.05) is 12.1 Å². The van der Waals surface area contributed by atoms with Crippen LogP contribution in [0, 0.1) is 0 Å². The monoisotopic (exact) mass is 258 g/mol. The predicted molar refractivity (Wildman–Crippen MR) is 74.0 cm³/mol. The quantitative estimate of drug-likeness (QED) is 0.916. The SMILES string of the molecule is OCCCc1ccc(C2OCCO2)c2ccccc12. The van der Waals surface area contributed by atoms with E-state index < -0.39 is 0 Å². The molecule has 0 atom stereocenters. The number of fused-ring (bicyclic) bond motifs is 1. The predicted octanol–water partition coefficient (Wildman–Crippen LogP) is 2.81. The van der Waals surface area contributed by atoms with Crippen molar-refractivity contribution in [2.24, 2.45) is 0 Å². The van der Waals surface area contributed by atoms with E-state index in [0.29, 0.717) is 13.2 Å². The van der Waals surface area contributed by atoms with Gasteiger partial charge in [0.25, 0.3) is 0 Å². The van der Waals surface area contributed by atoms with E-state index in [-0.39, 0.29) is 12.9 Å². The van der Waals surface area contributed by atoms with Crippen LogP contribution < -0.4 is 0 Å². The second kappa shape index (κ2) is 5.70. The van der Waals surface area contributed by atoms with E-state index in [4.69, 9.17) is 14.6 Å². The highest BCUT2D eigenvalue weighted by Gasteiger charge is 2.20. The average Bonchev–Trinajstić information content (AvgIpc) is 2.98. The Morgan fingerprint density at radius 3 is 2.47 bits per heavy atom. The van der Waals surface area contributed by atoms with E-state index in [2.05, 4.69) is 24.3 Å². The highest BCUT2D eigenvalue weighted by molar-refractivity contribution is 5.89. The first-order valence-electron chi connectivity index (χ1n) is 6.75. The van der Waals surface area contributed by atoms with Gasteiger partial charge in [-0.25, -0.2) is 0 Å². The topological polar surface area (TPSA) is 38.7 Å². The second-order valence-electron chi connectivity index (χ2n) is 4.76. The minimum atomic E-state index is -0.239. The molecule has 0 aromatic heterocycles. The molecule has 0 bridgehead atoms. The number of rotatable bonds is 4. The van der Waals surface area contributed by atoms with Crippen LogP contribution in [0.3, 0.4) is 0 Å². The van der Waals surface area contributed by atoms with Crippen LogP contribution in [-0.4, -0.2) is 24.9 Å². The molecule has 0 saturated carbocycles. The molecule has 0 radical (unpaired) electrons. The van der Waals surface area contributed by atoms with Gasteiger partial charge in [0, 0.05) is 12.2 Å². The summed E-state index contributed by atoms with van der Waals surface area (Å²) >= 11 is 0. The van der Waals surface area contributed by atoms with Crippen LogP contribution in [-0.2, 0) is 15.9 Å². The number of hydrogen-bond acceptors (Lipinski definition) is 3. The molecule has 3 rings (SSSR count). The first kappa shape index (κ1) is 12.6. The minimum Gasteiger partial charge on any atom is -0.396 e. The minimum absolute atomic E-state index is 0.227. The van der Waals surface area contributed by atoms with Crippen molar-refractivity contribution < 1.29 is 14.6 Å². The Labute approximate surface area is 112 Å². The lowest BCUT2D eigenvalue weighted by Crippen LogP contribution is -2.01. The Morgan fingerprint density at radius 1 is 1.00 bits per heavy atom. The summed E-state index contributed by atoms with van der Waals surface area (Å²) in [5, 5.41) is 11.4. The molecule has 1 aliphatic heterocycles. The molecule has 19 heavy (non-hydrogen) atoms. The van der Waals surface area contributed by atoms with Gasteiger partial charge in [0.05, 0.1) is 13.2 Å². The Kier molecular flexibility index (Phi) is 3.78. The highest BCUT2D eigenvalue weighted by atomic mass is 16.7. The van der Waals surface area contributed by atoms with Crippen molar-refractivity contribution in [3.05, 3.63) is 47.5 Å². The zero-order valence-electron chi connectivity index (χ0n) is 10.8. The van der Waals surface area contributed by atoms with Crippen molar-refractivity contribution in [2.45, 2.75) is 19.1 Å². The molecule has 0 amide bonds. The maximum Gasteiger partial charge on any atom is 0.184 e. The lowest BCUT2D eigenvalue weighted by Gasteiger charge is -2.15. The van der Waals surface area contributed by atoms with Crippen molar-refractivity contribution in [2.75, 3.05) is 19.8 Å². The number of benzene rings is 2. The maximum atomic E-state index is 8.99. The molecule has 2 aromatic carbocycles. The summed E-state index contributed by atoms with van der Waals surface area (Å²) < 4.78 is 11.2. The fourth-order valence-corrected chi connectivity index (χ4v) is 2.62. The van der Waals surface area contributed by atoms with Crippen molar-refractivity contribution in [3.8, 4) is 0 Å². The van der Waals surface area contributed by atoms with E-state index in [0.717, 1.165) is 18.4 Å². The summed E-state index contributed by atoms with van der Waals surface area (Å²) in [5.41, 5.74) is 2.37. The third kappa shape index (κ3) is 2.50. The average molecular weight is 258 g/mol. The van der Waals surface area contributed by atoms with Crippen molar-refractivity contribution >= 4 is 10.8 Å². The Hall–Kier alpha value is -1.42. The van der Waals surface area contributed by atoms with Gasteiger partial charge in [0.15, 0.2) is 6.29 Å². The molecule has 1 N–H and O–H groups in total. The summed E-state index contributed by atoms with van der Waals surface area (Å²) in [6, 6.07) is 12.5. The van der Waals surface area contributed by atoms with Crippen molar-refractivity contribution in [1.29, 1.82) is 0 Å². The molecular weight excluding hydrogens is 240 g/mol. The van der Waals surface area contributed by atoms with Crippen LogP contribution >= 0.6 is 0 Å². The molecule has 0 unspecified atom stereocenters. The van der Waals surface area contributed by atoms with Gasteiger partial charge in [0.1, 0.15) is 0 Å². The van der Waals surface area contributed by atoms with Crippen LogP contribution in [0.15, 0.2) is 36.4 Å². The van der Waals surface area contributed by atoms with E-state index in [9.17, 15) is 0 Å². The summed E-state index contributed by atoms with van der Waals surface area (Å²) in [6.07, 6.45) is 1.44. The molecular formula is C16H18O3. The lowest BCUT2D eigenvalue weighted by molar-refractivity contribution is -0.0430. The van der Waals surface area contributed by atoms with Crippen LogP contribution in [0.5, 0.6) is 0 Å². The fraction of sp³-hybridized carbons (Fsp3) is 0.375. The van der Waals surface area contributed by atoms with Gasteiger partial charge in [0.2, 0.25) is 0 Å². The first-order valence-corrected chi connectivity index (χ1v) is 6.75. The van der Waals surface area contributed by atoms with Gasteiger partial charge in [-0.2, -0.15) is 0 Å². The summed E-state index contributed by atoms with van der Waals surface area (Å²) in [5.74, 6) is 0. The third-order valence-electron chi connectivity index (χ3n) is 3.53. The smallest absolute Gasteiger partial charge is 0.184 e. The Balaban J connectivity index is 2.05. The number of ether oxygens (including phenoxy) is 2. The third-order valence-corrected chi connectivity index (χ3v) is 3.53. The number of hydrogen-bond donors (Lipinski definition) is 1. The molecule has 1 aliphatic rings. The van der Waals surface area contributed by atoms with Gasteiger partial charge in [-0.1, -0.05) is 36.4 Å². The van der Waals surface area contributed by atoms with Gasteiger partial charge in [-0.05, 0) is 29.2 Å². The van der Waals surface area contributed by atoms with Crippen molar-refractivity contribution in [1.82, 2.24) is 0 Å². The van der Waals surface area contributed by atoms with Crippen LogP contribution in [0.25, 0.3) is 10.8 Å². The lowest BCUT2D eigenvalue weighted by atomic mass is 9.97. The van der Waals surface area contributed by atoms with Crippen LogP contribution in [0.4, 0.5) is 0 Å². The van der Waals surface area contributed by atoms with E-state index in [1.165, 1.54) is 16.3 Å². The fourth-order valence-electron chi connectivity index (χ4n) is 2.62. The molecule has 0 aliphatic carbocycles. The van der Waals surface area contributed by atoms with Gasteiger partial charge < -0.3 is 14.6 Å². The van der Waals surface area contributed by atoms with E-state index >= 15 is 0 Å². The molecule has 3 heteroatoms. The molecule has 0 spiro atoms. The second-order valence-corrected chi connectivity index (χ2v) is 4.76.